The van der Waals surface area contributed by atoms with Crippen molar-refractivity contribution in [2.75, 3.05) is 0 Å². The van der Waals surface area contributed by atoms with Gasteiger partial charge in [-0.2, -0.15) is 0 Å². The summed E-state index contributed by atoms with van der Waals surface area (Å²) in [6.07, 6.45) is 1.17. The van der Waals surface area contributed by atoms with Crippen LogP contribution in [0.25, 0.3) is 10.8 Å². The minimum Gasteiger partial charge on any atom is -0.0839 e. The van der Waals surface area contributed by atoms with E-state index in [1.165, 1.54) is 28.2 Å². The van der Waals surface area contributed by atoms with Crippen LogP contribution in [0.15, 0.2) is 72.8 Å². The number of rotatable bonds is 4. The lowest BCUT2D eigenvalue weighted by Crippen LogP contribution is -2.21. The summed E-state index contributed by atoms with van der Waals surface area (Å²) < 4.78 is 0. The van der Waals surface area contributed by atoms with Crippen molar-refractivity contribution in [1.82, 2.24) is 0 Å². The molecule has 1 heteroatoms. The molecule has 0 spiro atoms. The summed E-state index contributed by atoms with van der Waals surface area (Å²) in [4.78, 5) is 0. The van der Waals surface area contributed by atoms with Crippen LogP contribution in [0.2, 0.25) is 0 Å². The Balaban J connectivity index is 1.99. The summed E-state index contributed by atoms with van der Waals surface area (Å²) in [6, 6.07) is 26.2. The van der Waals surface area contributed by atoms with Crippen LogP contribution in [0.5, 0.6) is 0 Å². The molecule has 1 unspecified atom stereocenters. The fraction of sp³-hybridized carbons (Fsp3) is 0.158. The number of hydrogen-bond donors (Lipinski definition) is 0. The summed E-state index contributed by atoms with van der Waals surface area (Å²) in [7, 11) is 1.12. The van der Waals surface area contributed by atoms with Gasteiger partial charge in [0.2, 0.25) is 0 Å². The molecule has 0 fully saturated rings. The normalized spacial score (nSPS) is 12.2. The van der Waals surface area contributed by atoms with Crippen molar-refractivity contribution in [3.63, 3.8) is 0 Å². The van der Waals surface area contributed by atoms with E-state index in [1.807, 2.05) is 0 Å². The van der Waals surface area contributed by atoms with E-state index < -0.39 is 0 Å². The molecule has 0 aliphatic rings. The quantitative estimate of drug-likeness (QED) is 0.619. The zero-order chi connectivity index (χ0) is 13.8. The van der Waals surface area contributed by atoms with E-state index >= 15 is 0 Å². The molecule has 1 atom stereocenters. The van der Waals surface area contributed by atoms with E-state index in [9.17, 15) is 0 Å². The van der Waals surface area contributed by atoms with E-state index in [4.69, 9.17) is 0 Å². The van der Waals surface area contributed by atoms with E-state index in [2.05, 4.69) is 79.7 Å². The van der Waals surface area contributed by atoms with Crippen LogP contribution >= 0.6 is 0 Å². The molecule has 0 N–H and O–H groups in total. The maximum atomic E-state index is 2.29. The highest BCUT2D eigenvalue weighted by Gasteiger charge is 2.14. The Morgan fingerprint density at radius 2 is 1.50 bits per heavy atom. The zero-order valence-corrected chi connectivity index (χ0v) is 11.9. The lowest BCUT2D eigenvalue weighted by Gasteiger charge is -2.17. The average Bonchev–Trinajstić information content (AvgIpc) is 2.53. The van der Waals surface area contributed by atoms with Crippen LogP contribution in [-0.2, 0) is 0 Å². The highest BCUT2D eigenvalue weighted by Crippen LogP contribution is 2.27. The van der Waals surface area contributed by atoms with Gasteiger partial charge in [0.15, 0.2) is 7.28 Å². The summed E-state index contributed by atoms with van der Waals surface area (Å²) in [5.41, 5.74) is 2.90. The monoisotopic (exact) mass is 258 g/mol. The summed E-state index contributed by atoms with van der Waals surface area (Å²) in [5, 5.41) is 2.74. The lowest BCUT2D eigenvalue weighted by molar-refractivity contribution is 0.883. The molecule has 0 heterocycles. The van der Waals surface area contributed by atoms with Crippen LogP contribution in [0.3, 0.4) is 0 Å². The highest BCUT2D eigenvalue weighted by molar-refractivity contribution is 6.55. The molecule has 3 aromatic rings. The second kappa shape index (κ2) is 5.96. The van der Waals surface area contributed by atoms with Crippen molar-refractivity contribution < 1.29 is 0 Å². The van der Waals surface area contributed by atoms with E-state index in [0.717, 1.165) is 7.28 Å². The third-order valence-corrected chi connectivity index (χ3v) is 4.08. The average molecular weight is 258 g/mol. The second-order valence-electron chi connectivity index (χ2n) is 5.36. The first-order valence-electron chi connectivity index (χ1n) is 7.40. The van der Waals surface area contributed by atoms with Gasteiger partial charge in [0.1, 0.15) is 0 Å². The molecular weight excluding hydrogens is 239 g/mol. The van der Waals surface area contributed by atoms with Crippen LogP contribution in [0.1, 0.15) is 24.7 Å². The largest absolute Gasteiger partial charge is 0.165 e. The van der Waals surface area contributed by atoms with Crippen LogP contribution < -0.4 is 5.46 Å². The minimum atomic E-state index is 0.587. The first kappa shape index (κ1) is 13.0. The molecule has 0 bridgehead atoms. The Labute approximate surface area is 121 Å². The van der Waals surface area contributed by atoms with Crippen molar-refractivity contribution in [2.24, 2.45) is 0 Å². The van der Waals surface area contributed by atoms with Gasteiger partial charge in [0.05, 0.1) is 0 Å². The first-order chi connectivity index (χ1) is 9.88. The fourth-order valence-corrected chi connectivity index (χ4v) is 2.98. The lowest BCUT2D eigenvalue weighted by atomic mass is 9.55. The molecule has 3 aromatic carbocycles. The Morgan fingerprint density at radius 3 is 2.30 bits per heavy atom. The SMILES string of the molecule is CCC(Bc1ccccc1)c1cccc2ccccc12. The van der Waals surface area contributed by atoms with Crippen molar-refractivity contribution in [3.05, 3.63) is 78.4 Å². The highest BCUT2D eigenvalue weighted by atomic mass is 14.1. The minimum absolute atomic E-state index is 0.587. The molecule has 0 aromatic heterocycles. The topological polar surface area (TPSA) is 0 Å². The van der Waals surface area contributed by atoms with Crippen molar-refractivity contribution >= 4 is 23.5 Å². The molecule has 0 radical (unpaired) electrons. The van der Waals surface area contributed by atoms with Gasteiger partial charge in [-0.25, -0.2) is 0 Å². The molecule has 3 rings (SSSR count). The van der Waals surface area contributed by atoms with E-state index in [1.54, 1.807) is 0 Å². The molecule has 0 aliphatic carbocycles. The van der Waals surface area contributed by atoms with Gasteiger partial charge in [-0.1, -0.05) is 91.6 Å². The van der Waals surface area contributed by atoms with Gasteiger partial charge in [-0.3, -0.25) is 0 Å². The maximum absolute atomic E-state index is 2.29. The number of benzene rings is 3. The molecule has 0 saturated heterocycles. The molecular formula is C19H19B. The molecule has 0 nitrogen and oxygen atoms in total. The summed E-state index contributed by atoms with van der Waals surface area (Å²) >= 11 is 0. The predicted octanol–water partition coefficient (Wildman–Crippen LogP) is 4.05. The van der Waals surface area contributed by atoms with Gasteiger partial charge in [-0.15, -0.1) is 0 Å². The Bertz CT molecular complexity index is 683. The molecule has 0 saturated carbocycles. The Hall–Kier alpha value is -2.02. The predicted molar refractivity (Wildman–Crippen MR) is 90.2 cm³/mol. The summed E-state index contributed by atoms with van der Waals surface area (Å²) in [5.74, 6) is 0.587. The van der Waals surface area contributed by atoms with Crippen molar-refractivity contribution in [3.8, 4) is 0 Å². The first-order valence-corrected chi connectivity index (χ1v) is 7.40. The fourth-order valence-electron chi connectivity index (χ4n) is 2.98. The third kappa shape index (κ3) is 2.62. The van der Waals surface area contributed by atoms with Crippen LogP contribution in [-0.4, -0.2) is 7.28 Å². The van der Waals surface area contributed by atoms with Gasteiger partial charge < -0.3 is 0 Å². The maximum Gasteiger partial charge on any atom is 0.165 e. The van der Waals surface area contributed by atoms with Crippen LogP contribution in [0, 0.1) is 0 Å². The smallest absolute Gasteiger partial charge is 0.0839 e. The van der Waals surface area contributed by atoms with Crippen molar-refractivity contribution in [1.29, 1.82) is 0 Å². The van der Waals surface area contributed by atoms with E-state index in [0.29, 0.717) is 5.82 Å². The summed E-state index contributed by atoms with van der Waals surface area (Å²) in [6.45, 7) is 2.29. The van der Waals surface area contributed by atoms with Gasteiger partial charge >= 0.3 is 0 Å². The molecule has 98 valence electrons. The van der Waals surface area contributed by atoms with Crippen molar-refractivity contribution in [2.45, 2.75) is 19.2 Å². The van der Waals surface area contributed by atoms with Gasteiger partial charge in [-0.05, 0) is 22.2 Å². The zero-order valence-electron chi connectivity index (χ0n) is 11.9. The molecule has 0 amide bonds. The number of fused-ring (bicyclic) bond motifs is 1. The second-order valence-corrected chi connectivity index (χ2v) is 5.36. The van der Waals surface area contributed by atoms with Gasteiger partial charge in [0, 0.05) is 0 Å². The Kier molecular flexibility index (Phi) is 3.87. The van der Waals surface area contributed by atoms with Gasteiger partial charge in [0.25, 0.3) is 0 Å². The van der Waals surface area contributed by atoms with Crippen LogP contribution in [0.4, 0.5) is 0 Å². The molecule has 20 heavy (non-hydrogen) atoms. The number of hydrogen-bond acceptors (Lipinski definition) is 0. The Morgan fingerprint density at radius 1 is 0.800 bits per heavy atom. The standard InChI is InChI=1S/C19H19B/c1-2-19(20-16-11-4-3-5-12-16)18-14-8-10-15-9-6-7-13-17(15)18/h3-14,19-20H,2H2,1H3. The van der Waals surface area contributed by atoms with E-state index in [-0.39, 0.29) is 0 Å². The third-order valence-electron chi connectivity index (χ3n) is 4.08. The molecule has 0 aliphatic heterocycles.